The molecule has 7 nitrogen and oxygen atoms in total. The van der Waals surface area contributed by atoms with Gasteiger partial charge >= 0.3 is 6.09 Å². The fourth-order valence-corrected chi connectivity index (χ4v) is 4.19. The number of piperazine rings is 1. The fourth-order valence-electron chi connectivity index (χ4n) is 2.97. The lowest BCUT2D eigenvalue weighted by molar-refractivity contribution is 0.0141. The van der Waals surface area contributed by atoms with Crippen molar-refractivity contribution >= 4 is 27.9 Å². The maximum absolute atomic E-state index is 12.8. The molecule has 0 aliphatic carbocycles. The van der Waals surface area contributed by atoms with Crippen molar-refractivity contribution in [3.05, 3.63) is 34.7 Å². The topological polar surface area (TPSA) is 84.0 Å². The molecule has 0 saturated carbocycles. The van der Waals surface area contributed by atoms with Crippen molar-refractivity contribution < 1.29 is 22.7 Å². The third-order valence-corrected chi connectivity index (χ3v) is 5.70. The number of hydrogen-bond donors (Lipinski definition) is 0. The van der Waals surface area contributed by atoms with Crippen molar-refractivity contribution in [3.8, 4) is 0 Å². The van der Waals surface area contributed by atoms with E-state index < -0.39 is 15.4 Å². The van der Waals surface area contributed by atoms with Crippen molar-refractivity contribution in [3.63, 3.8) is 0 Å². The van der Waals surface area contributed by atoms with Gasteiger partial charge in [0.25, 0.3) is 5.91 Å². The molecule has 1 saturated heterocycles. The summed E-state index contributed by atoms with van der Waals surface area (Å²) in [6.07, 6.45) is 1.08. The average Bonchev–Trinajstić information content (AvgIpc) is 2.88. The van der Waals surface area contributed by atoms with Crippen LogP contribution in [-0.2, 0) is 14.6 Å². The van der Waals surface area contributed by atoms with Crippen LogP contribution in [0.15, 0.2) is 28.5 Å². The molecule has 1 fully saturated rings. The molecule has 26 heavy (non-hydrogen) atoms. The number of nitrogens with zero attached hydrogens (tertiary/aromatic N) is 2. The van der Waals surface area contributed by atoms with Crippen molar-refractivity contribution in [1.29, 1.82) is 0 Å². The van der Waals surface area contributed by atoms with Crippen LogP contribution in [0.2, 0.25) is 0 Å². The van der Waals surface area contributed by atoms with E-state index in [1.54, 1.807) is 21.9 Å². The normalized spacial score (nSPS) is 18.6. The number of amides is 2. The predicted octanol–water partition coefficient (Wildman–Crippen LogP) is 2.14. The van der Waals surface area contributed by atoms with Gasteiger partial charge in [-0.1, -0.05) is 6.07 Å². The second-order valence-electron chi connectivity index (χ2n) is 7.32. The first-order valence-electron chi connectivity index (χ1n) is 8.42. The van der Waals surface area contributed by atoms with Crippen molar-refractivity contribution in [2.24, 2.45) is 0 Å². The summed E-state index contributed by atoms with van der Waals surface area (Å²) >= 11 is 0. The zero-order chi connectivity index (χ0) is 19.1. The molecule has 1 aromatic carbocycles. The number of sulfone groups is 1. The highest BCUT2D eigenvalue weighted by Crippen LogP contribution is 2.30. The highest BCUT2D eigenvalue weighted by atomic mass is 32.2. The number of hydrogen-bond acceptors (Lipinski definition) is 5. The van der Waals surface area contributed by atoms with Gasteiger partial charge in [0.1, 0.15) is 5.60 Å². The number of ether oxygens (including phenoxy) is 1. The number of fused-ring (bicyclic) bond motifs is 1. The quantitative estimate of drug-likeness (QED) is 0.748. The van der Waals surface area contributed by atoms with Gasteiger partial charge in [-0.05, 0) is 39.0 Å². The minimum absolute atomic E-state index is 0.163. The van der Waals surface area contributed by atoms with E-state index in [0.29, 0.717) is 37.3 Å². The Labute approximate surface area is 153 Å². The molecule has 0 unspecified atom stereocenters. The molecule has 140 valence electrons. The highest BCUT2D eigenvalue weighted by molar-refractivity contribution is 7.94. The lowest BCUT2D eigenvalue weighted by atomic mass is 10.1. The summed E-state index contributed by atoms with van der Waals surface area (Å²) in [6.45, 7) is 6.93. The molecule has 0 atom stereocenters. The minimum Gasteiger partial charge on any atom is -0.444 e. The molecule has 2 amide bonds. The standard InChI is InChI=1S/C18H22N2O5S/c1-18(2,3)25-17(22)20-10-8-19(9-11-20)16(21)14-5-4-6-15-13(14)7-12-26(15,23)24/h4-7,12H,8-11H2,1-3H3. The molecule has 1 aromatic rings. The van der Waals surface area contributed by atoms with Gasteiger partial charge in [0.2, 0.25) is 0 Å². The summed E-state index contributed by atoms with van der Waals surface area (Å²) in [5.74, 6) is -0.229. The summed E-state index contributed by atoms with van der Waals surface area (Å²) in [6, 6.07) is 4.71. The Morgan fingerprint density at radius 1 is 1.04 bits per heavy atom. The van der Waals surface area contributed by atoms with Gasteiger partial charge in [-0.15, -0.1) is 0 Å². The Morgan fingerprint density at radius 3 is 2.27 bits per heavy atom. The van der Waals surface area contributed by atoms with Crippen molar-refractivity contribution in [2.45, 2.75) is 31.3 Å². The first-order chi connectivity index (χ1) is 12.1. The van der Waals surface area contributed by atoms with Crippen LogP contribution in [0.25, 0.3) is 6.08 Å². The molecule has 0 spiro atoms. The largest absolute Gasteiger partial charge is 0.444 e. The Hall–Kier alpha value is -2.35. The zero-order valence-corrected chi connectivity index (χ0v) is 15.9. The Kier molecular flexibility index (Phi) is 4.56. The third-order valence-electron chi connectivity index (χ3n) is 4.24. The number of rotatable bonds is 1. The third kappa shape index (κ3) is 3.60. The van der Waals surface area contributed by atoms with E-state index in [4.69, 9.17) is 4.74 Å². The van der Waals surface area contributed by atoms with Crippen LogP contribution in [0.1, 0.15) is 36.7 Å². The van der Waals surface area contributed by atoms with Gasteiger partial charge in [0.15, 0.2) is 9.84 Å². The second-order valence-corrected chi connectivity index (χ2v) is 9.13. The average molecular weight is 378 g/mol. The highest BCUT2D eigenvalue weighted by Gasteiger charge is 2.31. The Balaban J connectivity index is 1.70. The maximum atomic E-state index is 12.8. The first kappa shape index (κ1) is 18.4. The summed E-state index contributed by atoms with van der Waals surface area (Å²) in [5.41, 5.74) is 0.240. The van der Waals surface area contributed by atoms with Crippen LogP contribution in [0.5, 0.6) is 0 Å². The molecular formula is C18H22N2O5S. The first-order valence-corrected chi connectivity index (χ1v) is 9.96. The molecule has 2 heterocycles. The van der Waals surface area contributed by atoms with Crippen LogP contribution in [0.4, 0.5) is 4.79 Å². The molecule has 2 aliphatic heterocycles. The molecule has 0 aromatic heterocycles. The molecule has 0 N–H and O–H groups in total. The van der Waals surface area contributed by atoms with E-state index in [2.05, 4.69) is 0 Å². The van der Waals surface area contributed by atoms with Gasteiger partial charge in [-0.25, -0.2) is 13.2 Å². The van der Waals surface area contributed by atoms with Crippen LogP contribution in [0, 0.1) is 0 Å². The second kappa shape index (κ2) is 6.42. The van der Waals surface area contributed by atoms with Gasteiger partial charge < -0.3 is 14.5 Å². The molecular weight excluding hydrogens is 356 g/mol. The summed E-state index contributed by atoms with van der Waals surface area (Å²) in [4.78, 5) is 28.3. The van der Waals surface area contributed by atoms with Gasteiger partial charge in [0, 0.05) is 42.7 Å². The zero-order valence-electron chi connectivity index (χ0n) is 15.1. The van der Waals surface area contributed by atoms with Gasteiger partial charge in [0.05, 0.1) is 4.90 Å². The molecule has 3 rings (SSSR count). The van der Waals surface area contributed by atoms with E-state index >= 15 is 0 Å². The predicted molar refractivity (Wildman–Crippen MR) is 96.4 cm³/mol. The summed E-state index contributed by atoms with van der Waals surface area (Å²) in [5, 5.41) is 1.12. The lowest BCUT2D eigenvalue weighted by Crippen LogP contribution is -2.51. The van der Waals surface area contributed by atoms with Crippen LogP contribution in [0.3, 0.4) is 0 Å². The Bertz CT molecular complexity index is 875. The number of carbonyl (C=O) groups excluding carboxylic acids is 2. The van der Waals surface area contributed by atoms with Crippen molar-refractivity contribution in [1.82, 2.24) is 9.80 Å². The van der Waals surface area contributed by atoms with E-state index in [-0.39, 0.29) is 16.9 Å². The SMILES string of the molecule is CC(C)(C)OC(=O)N1CCN(C(=O)c2cccc3c2C=CS3(=O)=O)CC1. The number of carbonyl (C=O) groups is 2. The van der Waals surface area contributed by atoms with E-state index in [0.717, 1.165) is 5.41 Å². The number of benzene rings is 1. The smallest absolute Gasteiger partial charge is 0.410 e. The lowest BCUT2D eigenvalue weighted by Gasteiger charge is -2.35. The van der Waals surface area contributed by atoms with E-state index in [1.807, 2.05) is 20.8 Å². The molecule has 0 radical (unpaired) electrons. The van der Waals surface area contributed by atoms with Crippen LogP contribution >= 0.6 is 0 Å². The molecule has 2 aliphatic rings. The monoisotopic (exact) mass is 378 g/mol. The van der Waals surface area contributed by atoms with Crippen LogP contribution in [-0.4, -0.2) is 62.0 Å². The van der Waals surface area contributed by atoms with Crippen molar-refractivity contribution in [2.75, 3.05) is 26.2 Å². The summed E-state index contributed by atoms with van der Waals surface area (Å²) in [7, 11) is -3.45. The van der Waals surface area contributed by atoms with Gasteiger partial charge in [-0.2, -0.15) is 0 Å². The fraction of sp³-hybridized carbons (Fsp3) is 0.444. The maximum Gasteiger partial charge on any atom is 0.410 e. The van der Waals surface area contributed by atoms with E-state index in [9.17, 15) is 18.0 Å². The minimum atomic E-state index is -3.45. The van der Waals surface area contributed by atoms with Crippen LogP contribution < -0.4 is 0 Å². The Morgan fingerprint density at radius 2 is 1.65 bits per heavy atom. The molecule has 8 heteroatoms. The summed E-state index contributed by atoms with van der Waals surface area (Å²) < 4.78 is 29.3. The molecule has 0 bridgehead atoms. The van der Waals surface area contributed by atoms with E-state index in [1.165, 1.54) is 12.1 Å². The van der Waals surface area contributed by atoms with Gasteiger partial charge in [-0.3, -0.25) is 4.79 Å².